The number of methoxy groups -OCH3 is 1. The first-order valence-electron chi connectivity index (χ1n) is 7.78. The van der Waals surface area contributed by atoms with Crippen molar-refractivity contribution in [2.24, 2.45) is 5.92 Å². The van der Waals surface area contributed by atoms with Crippen LogP contribution in [-0.2, 0) is 6.42 Å². The standard InChI is InChI=1S/C19H19NO3/c1-19(2,22)14-9-13-12(17(14)21)8-11-10-6-4-5-7-15(10)20-16(11)18(13)23-3/h4-8,14,20,22H,9H2,1-3H3. The van der Waals surface area contributed by atoms with E-state index < -0.39 is 11.5 Å². The number of nitrogens with one attached hydrogen (secondary N) is 1. The highest BCUT2D eigenvalue weighted by Crippen LogP contribution is 2.43. The van der Waals surface area contributed by atoms with Crippen molar-refractivity contribution in [3.05, 3.63) is 41.5 Å². The second-order valence-electron chi connectivity index (χ2n) is 6.80. The number of carbonyl (C=O) groups excluding carboxylic acids is 1. The van der Waals surface area contributed by atoms with Crippen LogP contribution in [0.4, 0.5) is 0 Å². The molecule has 2 aromatic carbocycles. The first-order valence-corrected chi connectivity index (χ1v) is 7.78. The van der Waals surface area contributed by atoms with Crippen LogP contribution in [0.25, 0.3) is 21.8 Å². The summed E-state index contributed by atoms with van der Waals surface area (Å²) in [6.07, 6.45) is 0.506. The summed E-state index contributed by atoms with van der Waals surface area (Å²) in [4.78, 5) is 16.2. The Balaban J connectivity index is 2.04. The van der Waals surface area contributed by atoms with Crippen LogP contribution in [0.2, 0.25) is 0 Å². The summed E-state index contributed by atoms with van der Waals surface area (Å²) < 4.78 is 5.64. The molecule has 0 bridgehead atoms. The zero-order valence-corrected chi connectivity index (χ0v) is 13.4. The summed E-state index contributed by atoms with van der Waals surface area (Å²) in [5, 5.41) is 12.4. The van der Waals surface area contributed by atoms with Gasteiger partial charge in [0.25, 0.3) is 0 Å². The summed E-state index contributed by atoms with van der Waals surface area (Å²) >= 11 is 0. The number of H-pyrrole nitrogens is 1. The van der Waals surface area contributed by atoms with E-state index in [0.29, 0.717) is 17.7 Å². The summed E-state index contributed by atoms with van der Waals surface area (Å²) in [6, 6.07) is 9.96. The molecule has 1 heterocycles. The number of benzene rings is 2. The van der Waals surface area contributed by atoms with Crippen molar-refractivity contribution in [3.8, 4) is 5.75 Å². The van der Waals surface area contributed by atoms with Gasteiger partial charge in [0, 0.05) is 27.4 Å². The summed E-state index contributed by atoms with van der Waals surface area (Å²) in [5.74, 6) is 0.288. The van der Waals surface area contributed by atoms with E-state index in [0.717, 1.165) is 27.4 Å². The number of rotatable bonds is 2. The molecule has 1 unspecified atom stereocenters. The van der Waals surface area contributed by atoms with Crippen molar-refractivity contribution in [3.63, 3.8) is 0 Å². The van der Waals surface area contributed by atoms with Crippen LogP contribution < -0.4 is 4.74 Å². The van der Waals surface area contributed by atoms with Gasteiger partial charge in [-0.05, 0) is 32.4 Å². The van der Waals surface area contributed by atoms with E-state index in [1.54, 1.807) is 21.0 Å². The van der Waals surface area contributed by atoms with Gasteiger partial charge in [0.1, 0.15) is 5.75 Å². The maximum Gasteiger partial charge on any atom is 0.169 e. The second kappa shape index (κ2) is 4.59. The molecule has 1 aliphatic carbocycles. The van der Waals surface area contributed by atoms with Crippen molar-refractivity contribution < 1.29 is 14.6 Å². The highest BCUT2D eigenvalue weighted by atomic mass is 16.5. The van der Waals surface area contributed by atoms with Gasteiger partial charge in [-0.15, -0.1) is 0 Å². The van der Waals surface area contributed by atoms with E-state index in [2.05, 4.69) is 4.98 Å². The van der Waals surface area contributed by atoms with Crippen molar-refractivity contribution in [2.45, 2.75) is 25.9 Å². The predicted molar refractivity (Wildman–Crippen MR) is 90.2 cm³/mol. The number of Topliss-reactive ketones (excluding diaryl/α,β-unsaturated/α-hetero) is 1. The molecule has 2 N–H and O–H groups in total. The lowest BCUT2D eigenvalue weighted by Crippen LogP contribution is -2.34. The number of hydrogen-bond acceptors (Lipinski definition) is 3. The van der Waals surface area contributed by atoms with Gasteiger partial charge in [-0.1, -0.05) is 18.2 Å². The monoisotopic (exact) mass is 309 g/mol. The van der Waals surface area contributed by atoms with E-state index >= 15 is 0 Å². The minimum absolute atomic E-state index is 0.00187. The molecule has 23 heavy (non-hydrogen) atoms. The molecule has 3 aromatic rings. The molecule has 0 radical (unpaired) electrons. The molecular weight excluding hydrogens is 290 g/mol. The first kappa shape index (κ1) is 14.3. The zero-order chi connectivity index (χ0) is 16.4. The van der Waals surface area contributed by atoms with Gasteiger partial charge in [0.05, 0.1) is 24.1 Å². The fourth-order valence-electron chi connectivity index (χ4n) is 3.70. The number of aliphatic hydroxyl groups is 1. The molecular formula is C19H19NO3. The molecule has 0 spiro atoms. The average Bonchev–Trinajstić information content (AvgIpc) is 3.03. The number of ketones is 1. The predicted octanol–water partition coefficient (Wildman–Crippen LogP) is 3.46. The molecule has 0 saturated carbocycles. The molecule has 1 aromatic heterocycles. The Hall–Kier alpha value is -2.33. The summed E-state index contributed by atoms with van der Waals surface area (Å²) in [5.41, 5.74) is 2.46. The fourth-order valence-corrected chi connectivity index (χ4v) is 3.70. The molecule has 4 rings (SSSR count). The Morgan fingerprint density at radius 3 is 2.70 bits per heavy atom. The Labute approximate surface area is 134 Å². The third kappa shape index (κ3) is 1.91. The van der Waals surface area contributed by atoms with E-state index in [1.165, 1.54) is 0 Å². The van der Waals surface area contributed by atoms with Crippen LogP contribution >= 0.6 is 0 Å². The van der Waals surface area contributed by atoms with Gasteiger partial charge in [0.15, 0.2) is 5.78 Å². The van der Waals surface area contributed by atoms with Crippen LogP contribution in [0.5, 0.6) is 5.75 Å². The molecule has 1 atom stereocenters. The third-order valence-electron chi connectivity index (χ3n) is 4.91. The minimum atomic E-state index is -1.04. The SMILES string of the molecule is COc1c2c(cc3c1[nH]c1ccccc13)C(=O)C(C(C)(C)O)C2. The van der Waals surface area contributed by atoms with Gasteiger partial charge in [-0.25, -0.2) is 0 Å². The van der Waals surface area contributed by atoms with Gasteiger partial charge >= 0.3 is 0 Å². The fraction of sp³-hybridized carbons (Fsp3) is 0.316. The normalized spacial score (nSPS) is 17.9. The van der Waals surface area contributed by atoms with Crippen LogP contribution in [0.15, 0.2) is 30.3 Å². The number of carbonyl (C=O) groups is 1. The van der Waals surface area contributed by atoms with Crippen molar-refractivity contribution in [1.29, 1.82) is 0 Å². The number of para-hydroxylation sites is 1. The number of aromatic nitrogens is 1. The van der Waals surface area contributed by atoms with Gasteiger partial charge in [-0.3, -0.25) is 4.79 Å². The van der Waals surface area contributed by atoms with Gasteiger partial charge in [0.2, 0.25) is 0 Å². The maximum atomic E-state index is 12.8. The van der Waals surface area contributed by atoms with Crippen LogP contribution in [-0.4, -0.2) is 28.6 Å². The number of fused-ring (bicyclic) bond motifs is 4. The Kier molecular flexibility index (Phi) is 2.85. The summed E-state index contributed by atoms with van der Waals surface area (Å²) in [7, 11) is 1.63. The Morgan fingerprint density at radius 1 is 1.26 bits per heavy atom. The van der Waals surface area contributed by atoms with Crippen LogP contribution in [0.1, 0.15) is 29.8 Å². The highest BCUT2D eigenvalue weighted by Gasteiger charge is 2.42. The molecule has 4 nitrogen and oxygen atoms in total. The van der Waals surface area contributed by atoms with Crippen molar-refractivity contribution in [1.82, 2.24) is 4.98 Å². The van der Waals surface area contributed by atoms with E-state index in [4.69, 9.17) is 4.74 Å². The topological polar surface area (TPSA) is 62.3 Å². The highest BCUT2D eigenvalue weighted by molar-refractivity contribution is 6.15. The Bertz CT molecular complexity index is 947. The lowest BCUT2D eigenvalue weighted by Gasteiger charge is -2.23. The molecule has 1 aliphatic rings. The maximum absolute atomic E-state index is 12.8. The molecule has 0 amide bonds. The van der Waals surface area contributed by atoms with Gasteiger partial charge in [-0.2, -0.15) is 0 Å². The average molecular weight is 309 g/mol. The van der Waals surface area contributed by atoms with E-state index in [-0.39, 0.29) is 5.78 Å². The van der Waals surface area contributed by atoms with E-state index in [9.17, 15) is 9.90 Å². The second-order valence-corrected chi connectivity index (χ2v) is 6.80. The number of aromatic amines is 1. The quantitative estimate of drug-likeness (QED) is 0.762. The minimum Gasteiger partial charge on any atom is -0.494 e. The smallest absolute Gasteiger partial charge is 0.169 e. The molecule has 118 valence electrons. The number of ether oxygens (including phenoxy) is 1. The summed E-state index contributed by atoms with van der Waals surface area (Å²) in [6.45, 7) is 3.38. The third-order valence-corrected chi connectivity index (χ3v) is 4.91. The zero-order valence-electron chi connectivity index (χ0n) is 13.4. The van der Waals surface area contributed by atoms with Crippen LogP contribution in [0, 0.1) is 5.92 Å². The van der Waals surface area contributed by atoms with Crippen molar-refractivity contribution in [2.75, 3.05) is 7.11 Å². The molecule has 0 fully saturated rings. The van der Waals surface area contributed by atoms with Crippen molar-refractivity contribution >= 4 is 27.6 Å². The molecule has 4 heteroatoms. The lowest BCUT2D eigenvalue weighted by molar-refractivity contribution is 0.0225. The Morgan fingerprint density at radius 2 is 2.00 bits per heavy atom. The molecule has 0 saturated heterocycles. The molecule has 0 aliphatic heterocycles. The van der Waals surface area contributed by atoms with Gasteiger partial charge < -0.3 is 14.8 Å². The number of hydrogen-bond donors (Lipinski definition) is 2. The van der Waals surface area contributed by atoms with Crippen LogP contribution in [0.3, 0.4) is 0 Å². The lowest BCUT2D eigenvalue weighted by atomic mass is 9.88. The van der Waals surface area contributed by atoms with E-state index in [1.807, 2.05) is 30.3 Å². The largest absolute Gasteiger partial charge is 0.494 e. The first-order chi connectivity index (χ1) is 10.9.